The lowest BCUT2D eigenvalue weighted by atomic mass is 10.2. The van der Waals surface area contributed by atoms with Crippen LogP contribution in [0.4, 0.5) is 10.5 Å². The summed E-state index contributed by atoms with van der Waals surface area (Å²) in [5, 5.41) is 3.55. The van der Waals surface area contributed by atoms with Gasteiger partial charge in [0.25, 0.3) is 0 Å². The zero-order chi connectivity index (χ0) is 16.7. The van der Waals surface area contributed by atoms with Crippen molar-refractivity contribution in [3.05, 3.63) is 69.7 Å². The fraction of sp³-hybridized carbons (Fsp3) is 0.118. The van der Waals surface area contributed by atoms with Gasteiger partial charge in [0.15, 0.2) is 0 Å². The van der Waals surface area contributed by atoms with Crippen molar-refractivity contribution in [2.75, 3.05) is 12.3 Å². The van der Waals surface area contributed by atoms with Crippen molar-refractivity contribution in [1.29, 1.82) is 0 Å². The standard InChI is InChI=1S/C17H16Cl2N2O2/c18-14-10-16(20)15(19)9-13(14)7-4-8-21-17(22)23-11-12-5-2-1-3-6-12/h1-7,9-10H,8,11,20H2,(H,21,22). The van der Waals surface area contributed by atoms with E-state index in [0.29, 0.717) is 22.3 Å². The monoisotopic (exact) mass is 350 g/mol. The number of alkyl carbamates (subject to hydrolysis) is 1. The second-order valence-electron chi connectivity index (χ2n) is 4.74. The van der Waals surface area contributed by atoms with E-state index in [1.54, 1.807) is 24.3 Å². The molecule has 0 aliphatic carbocycles. The molecule has 0 atom stereocenters. The molecular formula is C17H16Cl2N2O2. The summed E-state index contributed by atoms with van der Waals surface area (Å²) in [7, 11) is 0. The van der Waals surface area contributed by atoms with E-state index < -0.39 is 6.09 Å². The smallest absolute Gasteiger partial charge is 0.407 e. The number of carbonyl (C=O) groups excluding carboxylic acids is 1. The highest BCUT2D eigenvalue weighted by Gasteiger charge is 2.03. The predicted octanol–water partition coefficient (Wildman–Crippen LogP) is 4.52. The third-order valence-corrected chi connectivity index (χ3v) is 3.65. The lowest BCUT2D eigenvalue weighted by Gasteiger charge is -2.05. The fourth-order valence-corrected chi connectivity index (χ4v) is 2.21. The van der Waals surface area contributed by atoms with E-state index in [1.165, 1.54) is 0 Å². The second kappa shape index (κ2) is 8.46. The number of ether oxygens (including phenoxy) is 1. The van der Waals surface area contributed by atoms with Crippen molar-refractivity contribution in [3.8, 4) is 0 Å². The summed E-state index contributed by atoms with van der Waals surface area (Å²) in [6, 6.07) is 12.7. The molecule has 2 aromatic rings. The van der Waals surface area contributed by atoms with Crippen LogP contribution >= 0.6 is 23.2 Å². The number of hydrogen-bond acceptors (Lipinski definition) is 3. The first-order valence-corrected chi connectivity index (χ1v) is 7.67. The molecule has 1 amide bonds. The molecule has 0 saturated heterocycles. The quantitative estimate of drug-likeness (QED) is 0.779. The number of anilines is 1. The lowest BCUT2D eigenvalue weighted by molar-refractivity contribution is 0.141. The molecule has 6 heteroatoms. The Bertz CT molecular complexity index is 703. The van der Waals surface area contributed by atoms with E-state index in [0.717, 1.165) is 11.1 Å². The molecule has 2 rings (SSSR count). The predicted molar refractivity (Wildman–Crippen MR) is 94.5 cm³/mol. The van der Waals surface area contributed by atoms with E-state index in [2.05, 4.69) is 5.32 Å². The Morgan fingerprint density at radius 1 is 1.17 bits per heavy atom. The molecule has 0 saturated carbocycles. The molecule has 120 valence electrons. The maximum Gasteiger partial charge on any atom is 0.407 e. The number of nitrogens with one attached hydrogen (secondary N) is 1. The summed E-state index contributed by atoms with van der Waals surface area (Å²) in [5.74, 6) is 0. The van der Waals surface area contributed by atoms with Crippen LogP contribution in [0.2, 0.25) is 10.0 Å². The van der Waals surface area contributed by atoms with Crippen LogP contribution in [0.3, 0.4) is 0 Å². The van der Waals surface area contributed by atoms with Crippen LogP contribution < -0.4 is 11.1 Å². The Labute approximate surface area is 144 Å². The summed E-state index contributed by atoms with van der Waals surface area (Å²) in [6.07, 6.45) is 3.02. The number of hydrogen-bond donors (Lipinski definition) is 2. The summed E-state index contributed by atoms with van der Waals surface area (Å²) in [6.45, 7) is 0.543. The highest BCUT2D eigenvalue weighted by atomic mass is 35.5. The number of benzene rings is 2. The van der Waals surface area contributed by atoms with Gasteiger partial charge >= 0.3 is 6.09 Å². The molecule has 0 aromatic heterocycles. The molecule has 0 unspecified atom stereocenters. The van der Waals surface area contributed by atoms with Crippen molar-refractivity contribution in [1.82, 2.24) is 5.32 Å². The molecule has 4 nitrogen and oxygen atoms in total. The maximum atomic E-state index is 11.6. The fourth-order valence-electron chi connectivity index (χ4n) is 1.81. The van der Waals surface area contributed by atoms with Gasteiger partial charge in [-0.2, -0.15) is 0 Å². The van der Waals surface area contributed by atoms with Gasteiger partial charge in [0.05, 0.1) is 10.7 Å². The van der Waals surface area contributed by atoms with Crippen LogP contribution in [-0.4, -0.2) is 12.6 Å². The van der Waals surface area contributed by atoms with Crippen LogP contribution in [0.5, 0.6) is 0 Å². The normalized spacial score (nSPS) is 10.7. The zero-order valence-electron chi connectivity index (χ0n) is 12.3. The van der Waals surface area contributed by atoms with Crippen molar-refractivity contribution < 1.29 is 9.53 Å². The molecule has 0 spiro atoms. The van der Waals surface area contributed by atoms with Crippen LogP contribution in [0, 0.1) is 0 Å². The van der Waals surface area contributed by atoms with Gasteiger partial charge in [-0.1, -0.05) is 65.7 Å². The summed E-state index contributed by atoms with van der Waals surface area (Å²) >= 11 is 12.0. The zero-order valence-corrected chi connectivity index (χ0v) is 13.8. The molecule has 0 radical (unpaired) electrons. The molecule has 0 aliphatic heterocycles. The van der Waals surface area contributed by atoms with Crippen molar-refractivity contribution in [3.63, 3.8) is 0 Å². The first-order chi connectivity index (χ1) is 11.1. The number of carbonyl (C=O) groups is 1. The molecule has 23 heavy (non-hydrogen) atoms. The van der Waals surface area contributed by atoms with Crippen LogP contribution in [0.25, 0.3) is 6.08 Å². The molecule has 0 heterocycles. The number of rotatable bonds is 5. The van der Waals surface area contributed by atoms with E-state index in [9.17, 15) is 4.79 Å². The number of amides is 1. The first kappa shape index (κ1) is 17.2. The van der Waals surface area contributed by atoms with Gasteiger partial charge in [-0.25, -0.2) is 4.79 Å². The minimum Gasteiger partial charge on any atom is -0.445 e. The van der Waals surface area contributed by atoms with Gasteiger partial charge in [-0.15, -0.1) is 0 Å². The number of nitrogens with two attached hydrogens (primary N) is 1. The third-order valence-electron chi connectivity index (χ3n) is 2.99. The highest BCUT2D eigenvalue weighted by Crippen LogP contribution is 2.27. The Hall–Kier alpha value is -2.17. The van der Waals surface area contributed by atoms with Gasteiger partial charge in [0, 0.05) is 11.6 Å². The summed E-state index contributed by atoms with van der Waals surface area (Å²) < 4.78 is 5.09. The molecule has 0 aliphatic rings. The minimum absolute atomic E-state index is 0.232. The van der Waals surface area contributed by atoms with Crippen LogP contribution in [0.1, 0.15) is 11.1 Å². The van der Waals surface area contributed by atoms with Gasteiger partial charge in [0.1, 0.15) is 6.61 Å². The maximum absolute atomic E-state index is 11.6. The van der Waals surface area contributed by atoms with Crippen molar-refractivity contribution in [2.24, 2.45) is 0 Å². The Kier molecular flexibility index (Phi) is 6.32. The molecule has 0 bridgehead atoms. The number of halogens is 2. The van der Waals surface area contributed by atoms with E-state index >= 15 is 0 Å². The molecule has 3 N–H and O–H groups in total. The highest BCUT2D eigenvalue weighted by molar-refractivity contribution is 6.36. The Balaban J connectivity index is 1.78. The van der Waals surface area contributed by atoms with E-state index in [4.69, 9.17) is 33.7 Å². The van der Waals surface area contributed by atoms with Crippen LogP contribution in [0.15, 0.2) is 48.5 Å². The average Bonchev–Trinajstić information content (AvgIpc) is 2.55. The SMILES string of the molecule is Nc1cc(Cl)c(C=CCNC(=O)OCc2ccccc2)cc1Cl. The summed E-state index contributed by atoms with van der Waals surface area (Å²) in [4.78, 5) is 11.6. The van der Waals surface area contributed by atoms with E-state index in [-0.39, 0.29) is 6.61 Å². The Morgan fingerprint density at radius 3 is 2.65 bits per heavy atom. The second-order valence-corrected chi connectivity index (χ2v) is 5.55. The van der Waals surface area contributed by atoms with Gasteiger partial charge in [-0.05, 0) is 23.3 Å². The molecular weight excluding hydrogens is 335 g/mol. The van der Waals surface area contributed by atoms with Gasteiger partial charge in [-0.3, -0.25) is 0 Å². The first-order valence-electron chi connectivity index (χ1n) is 6.92. The van der Waals surface area contributed by atoms with E-state index in [1.807, 2.05) is 30.3 Å². The van der Waals surface area contributed by atoms with Gasteiger partial charge in [0.2, 0.25) is 0 Å². The topological polar surface area (TPSA) is 64.3 Å². The summed E-state index contributed by atoms with van der Waals surface area (Å²) in [5.41, 5.74) is 7.74. The van der Waals surface area contributed by atoms with Gasteiger partial charge < -0.3 is 15.8 Å². The average molecular weight is 351 g/mol. The molecule has 2 aromatic carbocycles. The largest absolute Gasteiger partial charge is 0.445 e. The number of nitrogen functional groups attached to an aromatic ring is 1. The Morgan fingerprint density at radius 2 is 1.91 bits per heavy atom. The third kappa shape index (κ3) is 5.51. The minimum atomic E-state index is -0.486. The molecule has 0 fully saturated rings. The van der Waals surface area contributed by atoms with Crippen molar-refractivity contribution >= 4 is 41.1 Å². The van der Waals surface area contributed by atoms with Crippen molar-refractivity contribution in [2.45, 2.75) is 6.61 Å². The van der Waals surface area contributed by atoms with Crippen LogP contribution in [-0.2, 0) is 11.3 Å². The lowest BCUT2D eigenvalue weighted by Crippen LogP contribution is -2.24.